The van der Waals surface area contributed by atoms with E-state index in [-0.39, 0.29) is 0 Å². The molecule has 1 spiro atoms. The number of nitrogens with zero attached hydrogens (tertiary/aromatic N) is 1. The van der Waals surface area contributed by atoms with Crippen LogP contribution in [0.25, 0.3) is 12.2 Å². The van der Waals surface area contributed by atoms with Gasteiger partial charge in [0.05, 0.1) is 5.69 Å². The van der Waals surface area contributed by atoms with Crippen molar-refractivity contribution in [3.05, 3.63) is 64.7 Å². The molecule has 4 rings (SSSR count). The number of aliphatic carboxylic acids is 2. The molecule has 2 N–H and O–H groups in total. The Morgan fingerprint density at radius 1 is 0.867 bits per heavy atom. The predicted molar refractivity (Wildman–Crippen MR) is 112 cm³/mol. The van der Waals surface area contributed by atoms with Crippen molar-refractivity contribution >= 4 is 29.8 Å². The van der Waals surface area contributed by atoms with Crippen molar-refractivity contribution in [2.24, 2.45) is 0 Å². The Morgan fingerprint density at radius 3 is 2.13 bits per heavy atom. The van der Waals surface area contributed by atoms with Crippen LogP contribution in [-0.4, -0.2) is 41.0 Å². The van der Waals surface area contributed by atoms with Crippen LogP contribution in [0, 0.1) is 0 Å². The summed E-state index contributed by atoms with van der Waals surface area (Å²) < 4.78 is 12.8. The molecule has 2 aromatic rings. The van der Waals surface area contributed by atoms with E-state index in [0.29, 0.717) is 17.2 Å². The number of hydrogen-bond acceptors (Lipinski definition) is 5. The molecule has 2 aliphatic heterocycles. The van der Waals surface area contributed by atoms with Crippen LogP contribution in [0.2, 0.25) is 0 Å². The Labute approximate surface area is 173 Å². The lowest BCUT2D eigenvalue weighted by atomic mass is 9.90. The predicted octanol–water partition coefficient (Wildman–Crippen LogP) is 3.65. The third-order valence-electron chi connectivity index (χ3n) is 5.22. The minimum Gasteiger partial charge on any atom is -0.480 e. The molecule has 2 heterocycles. The molecule has 0 aliphatic carbocycles. The molecular formula is C23H21NO6. The monoisotopic (exact) mass is 407 g/mol. The summed E-state index contributed by atoms with van der Waals surface area (Å²) in [4.78, 5) is 24.0. The number of hydrogen-bond donors (Lipinski definition) is 2. The fraction of sp³-hybridized carbons (Fsp3) is 0.217. The number of ether oxygens (including phenoxy) is 2. The van der Waals surface area contributed by atoms with E-state index >= 15 is 0 Å². The van der Waals surface area contributed by atoms with Gasteiger partial charge < -0.3 is 24.6 Å². The van der Waals surface area contributed by atoms with Crippen LogP contribution in [-0.2, 0) is 9.59 Å². The van der Waals surface area contributed by atoms with Crippen LogP contribution in [0.3, 0.4) is 0 Å². The minimum atomic E-state index is -1.18. The highest BCUT2D eigenvalue weighted by molar-refractivity contribution is 5.83. The number of carboxylic acids is 2. The average Bonchev–Trinajstić information content (AvgIpc) is 2.68. The van der Waals surface area contributed by atoms with Crippen LogP contribution in [0.15, 0.2) is 53.6 Å². The van der Waals surface area contributed by atoms with E-state index in [9.17, 15) is 19.8 Å². The number of para-hydroxylation sites is 2. The van der Waals surface area contributed by atoms with Crippen LogP contribution in [0.1, 0.15) is 25.0 Å². The third-order valence-corrected chi connectivity index (χ3v) is 5.22. The fourth-order valence-corrected chi connectivity index (χ4v) is 3.87. The van der Waals surface area contributed by atoms with Crippen molar-refractivity contribution in [1.29, 1.82) is 0 Å². The number of rotatable bonds is 5. The van der Waals surface area contributed by atoms with Crippen molar-refractivity contribution < 1.29 is 29.3 Å². The topological polar surface area (TPSA) is 96.3 Å². The van der Waals surface area contributed by atoms with E-state index in [0.717, 1.165) is 22.3 Å². The first-order valence-electron chi connectivity index (χ1n) is 9.46. The maximum absolute atomic E-state index is 11.3. The van der Waals surface area contributed by atoms with Crippen molar-refractivity contribution in [2.45, 2.75) is 19.6 Å². The van der Waals surface area contributed by atoms with Gasteiger partial charge in [0.15, 0.2) is 5.75 Å². The fourth-order valence-electron chi connectivity index (χ4n) is 3.87. The highest BCUT2D eigenvalue weighted by Crippen LogP contribution is 2.48. The zero-order valence-electron chi connectivity index (χ0n) is 16.6. The third kappa shape index (κ3) is 3.28. The lowest BCUT2D eigenvalue weighted by Crippen LogP contribution is -2.48. The van der Waals surface area contributed by atoms with Crippen molar-refractivity contribution in [3.63, 3.8) is 0 Å². The molecule has 0 saturated carbocycles. The second-order valence-corrected chi connectivity index (χ2v) is 7.35. The summed E-state index contributed by atoms with van der Waals surface area (Å²) in [6.07, 6.45) is 3.92. The van der Waals surface area contributed by atoms with E-state index in [4.69, 9.17) is 9.47 Å². The molecule has 0 amide bonds. The summed E-state index contributed by atoms with van der Waals surface area (Å²) in [6.45, 7) is 2.88. The molecule has 0 fully saturated rings. The normalized spacial score (nSPS) is 18.9. The average molecular weight is 407 g/mol. The molecule has 0 radical (unpaired) electrons. The molecular weight excluding hydrogens is 386 g/mol. The van der Waals surface area contributed by atoms with Crippen molar-refractivity contribution in [1.82, 2.24) is 0 Å². The van der Waals surface area contributed by atoms with E-state index < -0.39 is 30.8 Å². The zero-order valence-corrected chi connectivity index (χ0v) is 16.6. The van der Waals surface area contributed by atoms with Gasteiger partial charge in [0.2, 0.25) is 0 Å². The lowest BCUT2D eigenvalue weighted by molar-refractivity contribution is -0.136. The molecule has 0 saturated heterocycles. The van der Waals surface area contributed by atoms with E-state index in [2.05, 4.69) is 0 Å². The summed E-state index contributed by atoms with van der Waals surface area (Å²) in [5.74, 6) is -2.40. The maximum Gasteiger partial charge on any atom is 0.323 e. The number of anilines is 1. The second kappa shape index (κ2) is 7.26. The summed E-state index contributed by atoms with van der Waals surface area (Å²) in [5, 5.41) is 18.6. The Hall–Kier alpha value is -3.74. The Morgan fingerprint density at radius 2 is 1.47 bits per heavy atom. The number of benzene rings is 2. The SMILES string of the molecule is CC1=Cc2ccccc2OC12Oc1c(cccc1N(CC(=O)O)CC(=O)O)C=C2C. The smallest absolute Gasteiger partial charge is 0.323 e. The summed E-state index contributed by atoms with van der Waals surface area (Å²) in [6, 6.07) is 12.9. The molecule has 1 atom stereocenters. The number of carbonyl (C=O) groups is 2. The van der Waals surface area contributed by atoms with Crippen LogP contribution >= 0.6 is 0 Å². The van der Waals surface area contributed by atoms with Gasteiger partial charge in [-0.3, -0.25) is 9.59 Å². The summed E-state index contributed by atoms with van der Waals surface area (Å²) in [5.41, 5.74) is 3.72. The molecule has 154 valence electrons. The Balaban J connectivity index is 1.82. The minimum absolute atomic E-state index is 0.385. The number of fused-ring (bicyclic) bond motifs is 2. The van der Waals surface area contributed by atoms with Crippen LogP contribution < -0.4 is 14.4 Å². The van der Waals surface area contributed by atoms with Gasteiger partial charge in [-0.15, -0.1) is 0 Å². The van der Waals surface area contributed by atoms with Crippen molar-refractivity contribution in [2.75, 3.05) is 18.0 Å². The van der Waals surface area contributed by atoms with Gasteiger partial charge in [0.25, 0.3) is 5.79 Å². The molecule has 0 bridgehead atoms. The van der Waals surface area contributed by atoms with E-state index in [1.54, 1.807) is 12.1 Å². The lowest BCUT2D eigenvalue weighted by Gasteiger charge is -2.42. The largest absolute Gasteiger partial charge is 0.480 e. The molecule has 30 heavy (non-hydrogen) atoms. The molecule has 0 aromatic heterocycles. The van der Waals surface area contributed by atoms with Crippen molar-refractivity contribution in [3.8, 4) is 11.5 Å². The summed E-state index contributed by atoms with van der Waals surface area (Å²) >= 11 is 0. The van der Waals surface area contributed by atoms with Gasteiger partial charge in [0.1, 0.15) is 18.8 Å². The molecule has 2 aromatic carbocycles. The Bertz CT molecular complexity index is 1090. The highest BCUT2D eigenvalue weighted by atomic mass is 16.7. The molecule has 1 unspecified atom stereocenters. The number of carboxylic acid groups (broad SMARTS) is 2. The van der Waals surface area contributed by atoms with Crippen LogP contribution in [0.5, 0.6) is 11.5 Å². The van der Waals surface area contributed by atoms with Crippen LogP contribution in [0.4, 0.5) is 5.69 Å². The van der Waals surface area contributed by atoms with Gasteiger partial charge in [0, 0.05) is 22.3 Å². The van der Waals surface area contributed by atoms with Gasteiger partial charge in [-0.2, -0.15) is 0 Å². The zero-order chi connectivity index (χ0) is 21.5. The maximum atomic E-state index is 11.3. The van der Waals surface area contributed by atoms with E-state index in [1.807, 2.05) is 56.3 Å². The second-order valence-electron chi connectivity index (χ2n) is 7.35. The first kappa shape index (κ1) is 19.6. The first-order chi connectivity index (χ1) is 14.3. The van der Waals surface area contributed by atoms with Gasteiger partial charge in [-0.25, -0.2) is 0 Å². The quantitative estimate of drug-likeness (QED) is 0.781. The molecule has 7 heteroatoms. The molecule has 7 nitrogen and oxygen atoms in total. The highest BCUT2D eigenvalue weighted by Gasteiger charge is 2.45. The van der Waals surface area contributed by atoms with Gasteiger partial charge in [-0.05, 0) is 38.1 Å². The van der Waals surface area contributed by atoms with Gasteiger partial charge >= 0.3 is 11.9 Å². The Kier molecular flexibility index (Phi) is 4.73. The standard InChI is InChI=1S/C23H21NO6/c1-14-10-16-6-3-4-9-19(16)29-23(14)15(2)11-17-7-5-8-18(22(17)30-23)24(12-20(25)26)13-21(27)28/h3-11H,12-13H2,1-2H3,(H,25,26)(H,27,28). The first-order valence-corrected chi connectivity index (χ1v) is 9.46. The van der Waals surface area contributed by atoms with E-state index in [1.165, 1.54) is 4.90 Å². The summed E-state index contributed by atoms with van der Waals surface area (Å²) in [7, 11) is 0. The van der Waals surface area contributed by atoms with Gasteiger partial charge in [-0.1, -0.05) is 30.3 Å². The molecule has 2 aliphatic rings.